The molecule has 2 rings (SSSR count). The first kappa shape index (κ1) is 13.9. The molecule has 102 valence electrons. The Morgan fingerprint density at radius 2 is 1.95 bits per heavy atom. The molecule has 1 atom stereocenters. The minimum atomic E-state index is -0.470. The van der Waals surface area contributed by atoms with Crippen LogP contribution in [0.25, 0.3) is 0 Å². The van der Waals surface area contributed by atoms with E-state index in [0.717, 1.165) is 12.8 Å². The van der Waals surface area contributed by atoms with Crippen LogP contribution in [0, 0.1) is 0 Å². The van der Waals surface area contributed by atoms with E-state index in [1.54, 1.807) is 29.2 Å². The van der Waals surface area contributed by atoms with E-state index in [-0.39, 0.29) is 11.9 Å². The van der Waals surface area contributed by atoms with E-state index < -0.39 is 6.04 Å². The highest BCUT2D eigenvalue weighted by molar-refractivity contribution is 6.30. The summed E-state index contributed by atoms with van der Waals surface area (Å²) in [6.45, 7) is 0.585. The van der Waals surface area contributed by atoms with Crippen molar-refractivity contribution in [2.24, 2.45) is 0 Å². The first-order valence-corrected chi connectivity index (χ1v) is 6.65. The molecule has 1 amide bonds. The lowest BCUT2D eigenvalue weighted by atomic mass is 10.0. The third-order valence-corrected chi connectivity index (χ3v) is 3.58. The molecule has 0 N–H and O–H groups in total. The molecule has 0 bridgehead atoms. The minimum Gasteiger partial charge on any atom is -0.467 e. The Balaban J connectivity index is 2.20. The van der Waals surface area contributed by atoms with E-state index in [1.165, 1.54) is 7.11 Å². The first-order chi connectivity index (χ1) is 9.13. The number of rotatable bonds is 2. The zero-order valence-corrected chi connectivity index (χ0v) is 11.5. The molecule has 0 saturated carbocycles. The standard InChI is InChI=1S/C14H16ClNO3/c1-19-14(18)12-4-2-3-9-16(12)13(17)10-5-7-11(15)8-6-10/h5-8,12H,2-4,9H2,1H3. The normalized spacial score (nSPS) is 19.1. The number of hydrogen-bond acceptors (Lipinski definition) is 3. The van der Waals surface area contributed by atoms with Crippen molar-refractivity contribution in [3.8, 4) is 0 Å². The second kappa shape index (κ2) is 6.06. The monoisotopic (exact) mass is 281 g/mol. The predicted octanol–water partition coefficient (Wildman–Crippen LogP) is 2.51. The minimum absolute atomic E-state index is 0.147. The maximum absolute atomic E-state index is 12.4. The fourth-order valence-electron chi connectivity index (χ4n) is 2.31. The zero-order chi connectivity index (χ0) is 13.8. The Kier molecular flexibility index (Phi) is 4.43. The molecule has 19 heavy (non-hydrogen) atoms. The number of piperidine rings is 1. The third kappa shape index (κ3) is 3.07. The Morgan fingerprint density at radius 3 is 2.58 bits per heavy atom. The van der Waals surface area contributed by atoms with Gasteiger partial charge < -0.3 is 9.64 Å². The summed E-state index contributed by atoms with van der Waals surface area (Å²) in [6, 6.07) is 6.22. The van der Waals surface area contributed by atoms with Crippen LogP contribution in [0.4, 0.5) is 0 Å². The molecule has 1 unspecified atom stereocenters. The quantitative estimate of drug-likeness (QED) is 0.783. The van der Waals surface area contributed by atoms with Crippen LogP contribution in [0.3, 0.4) is 0 Å². The molecule has 1 aromatic rings. The average Bonchev–Trinajstić information content (AvgIpc) is 2.46. The SMILES string of the molecule is COC(=O)C1CCCCN1C(=O)c1ccc(Cl)cc1. The largest absolute Gasteiger partial charge is 0.467 e. The summed E-state index contributed by atoms with van der Waals surface area (Å²) < 4.78 is 4.77. The summed E-state index contributed by atoms with van der Waals surface area (Å²) in [6.07, 6.45) is 2.50. The molecule has 5 heteroatoms. The van der Waals surface area contributed by atoms with Gasteiger partial charge in [0.15, 0.2) is 0 Å². The van der Waals surface area contributed by atoms with Crippen LogP contribution in [-0.4, -0.2) is 36.5 Å². The topological polar surface area (TPSA) is 46.6 Å². The fourth-order valence-corrected chi connectivity index (χ4v) is 2.44. The van der Waals surface area contributed by atoms with Gasteiger partial charge in [0.2, 0.25) is 0 Å². The van der Waals surface area contributed by atoms with Crippen LogP contribution >= 0.6 is 11.6 Å². The van der Waals surface area contributed by atoms with Crippen molar-refractivity contribution < 1.29 is 14.3 Å². The molecule has 0 radical (unpaired) electrons. The number of benzene rings is 1. The molecular weight excluding hydrogens is 266 g/mol. The van der Waals surface area contributed by atoms with E-state index in [9.17, 15) is 9.59 Å². The van der Waals surface area contributed by atoms with E-state index in [2.05, 4.69) is 0 Å². The van der Waals surface area contributed by atoms with Gasteiger partial charge in [-0.25, -0.2) is 4.79 Å². The molecular formula is C14H16ClNO3. The van der Waals surface area contributed by atoms with Crippen LogP contribution in [0.2, 0.25) is 5.02 Å². The van der Waals surface area contributed by atoms with Crippen LogP contribution in [-0.2, 0) is 9.53 Å². The van der Waals surface area contributed by atoms with Gasteiger partial charge in [-0.3, -0.25) is 4.79 Å². The lowest BCUT2D eigenvalue weighted by molar-refractivity contribution is -0.147. The number of carbonyl (C=O) groups is 2. The number of amides is 1. The molecule has 1 aliphatic heterocycles. The van der Waals surface area contributed by atoms with Gasteiger partial charge in [0.25, 0.3) is 5.91 Å². The average molecular weight is 282 g/mol. The summed E-state index contributed by atoms with van der Waals surface area (Å²) in [7, 11) is 1.35. The number of ether oxygens (including phenoxy) is 1. The molecule has 1 saturated heterocycles. The van der Waals surface area contributed by atoms with Gasteiger partial charge in [0.05, 0.1) is 7.11 Å². The Morgan fingerprint density at radius 1 is 1.26 bits per heavy atom. The van der Waals surface area contributed by atoms with E-state index in [0.29, 0.717) is 23.6 Å². The maximum atomic E-state index is 12.4. The van der Waals surface area contributed by atoms with E-state index in [4.69, 9.17) is 16.3 Å². The fraction of sp³-hybridized carbons (Fsp3) is 0.429. The van der Waals surface area contributed by atoms with Crippen LogP contribution < -0.4 is 0 Å². The number of methoxy groups -OCH3 is 1. The molecule has 1 aromatic carbocycles. The van der Waals surface area contributed by atoms with Gasteiger partial charge in [-0.05, 0) is 43.5 Å². The van der Waals surface area contributed by atoms with Crippen molar-refractivity contribution in [2.45, 2.75) is 25.3 Å². The summed E-state index contributed by atoms with van der Waals surface area (Å²) >= 11 is 5.80. The number of likely N-dealkylation sites (tertiary alicyclic amines) is 1. The van der Waals surface area contributed by atoms with Crippen molar-refractivity contribution in [2.75, 3.05) is 13.7 Å². The van der Waals surface area contributed by atoms with Crippen LogP contribution in [0.5, 0.6) is 0 Å². The van der Waals surface area contributed by atoms with Gasteiger partial charge in [-0.15, -0.1) is 0 Å². The Hall–Kier alpha value is -1.55. The van der Waals surface area contributed by atoms with Crippen LogP contribution in [0.15, 0.2) is 24.3 Å². The van der Waals surface area contributed by atoms with E-state index in [1.807, 2.05) is 0 Å². The predicted molar refractivity (Wildman–Crippen MR) is 72.1 cm³/mol. The summed E-state index contributed by atoms with van der Waals surface area (Å²) in [5.41, 5.74) is 0.542. The summed E-state index contributed by atoms with van der Waals surface area (Å²) in [5.74, 6) is -0.492. The molecule has 1 aliphatic rings. The van der Waals surface area contributed by atoms with Crippen molar-refractivity contribution >= 4 is 23.5 Å². The zero-order valence-electron chi connectivity index (χ0n) is 10.8. The molecule has 0 aromatic heterocycles. The smallest absolute Gasteiger partial charge is 0.328 e. The van der Waals surface area contributed by atoms with E-state index >= 15 is 0 Å². The number of carbonyl (C=O) groups excluding carboxylic acids is 2. The number of nitrogens with zero attached hydrogens (tertiary/aromatic N) is 1. The number of esters is 1. The molecule has 0 spiro atoms. The molecule has 0 aliphatic carbocycles. The Labute approximate surface area is 117 Å². The lowest BCUT2D eigenvalue weighted by Crippen LogP contribution is -2.48. The van der Waals surface area contributed by atoms with Gasteiger partial charge >= 0.3 is 5.97 Å². The number of hydrogen-bond donors (Lipinski definition) is 0. The van der Waals surface area contributed by atoms with Crippen molar-refractivity contribution in [3.63, 3.8) is 0 Å². The van der Waals surface area contributed by atoms with Gasteiger partial charge in [0, 0.05) is 17.1 Å². The molecule has 4 nitrogen and oxygen atoms in total. The van der Waals surface area contributed by atoms with Crippen molar-refractivity contribution in [3.05, 3.63) is 34.9 Å². The maximum Gasteiger partial charge on any atom is 0.328 e. The number of halogens is 1. The highest BCUT2D eigenvalue weighted by Gasteiger charge is 2.33. The van der Waals surface area contributed by atoms with Gasteiger partial charge in [-0.1, -0.05) is 11.6 Å². The summed E-state index contributed by atoms with van der Waals surface area (Å²) in [5, 5.41) is 0.583. The van der Waals surface area contributed by atoms with Crippen LogP contribution in [0.1, 0.15) is 29.6 Å². The Bertz CT molecular complexity index is 472. The highest BCUT2D eigenvalue weighted by Crippen LogP contribution is 2.21. The van der Waals surface area contributed by atoms with Crippen molar-refractivity contribution in [1.29, 1.82) is 0 Å². The van der Waals surface area contributed by atoms with Gasteiger partial charge in [0.1, 0.15) is 6.04 Å². The molecule has 1 fully saturated rings. The van der Waals surface area contributed by atoms with Gasteiger partial charge in [-0.2, -0.15) is 0 Å². The second-order valence-corrected chi connectivity index (χ2v) is 4.98. The summed E-state index contributed by atoms with van der Waals surface area (Å²) in [4.78, 5) is 25.7. The first-order valence-electron chi connectivity index (χ1n) is 6.28. The van der Waals surface area contributed by atoms with Crippen molar-refractivity contribution in [1.82, 2.24) is 4.90 Å². The third-order valence-electron chi connectivity index (χ3n) is 3.33. The molecule has 1 heterocycles. The highest BCUT2D eigenvalue weighted by atomic mass is 35.5. The second-order valence-electron chi connectivity index (χ2n) is 4.54. The lowest BCUT2D eigenvalue weighted by Gasteiger charge is -2.33.